The number of nitrogens with one attached hydrogen (secondary N) is 4. The molecule has 0 aromatic carbocycles. The molecule has 0 amide bonds. The number of carbonyl (C=O) groups is 3. The Morgan fingerprint density at radius 2 is 0.583 bits per heavy atom. The molecule has 0 aliphatic carbocycles. The lowest BCUT2D eigenvalue weighted by Crippen LogP contribution is -2.39. The van der Waals surface area contributed by atoms with Crippen molar-refractivity contribution < 1.29 is 29.7 Å². The van der Waals surface area contributed by atoms with E-state index in [1.165, 1.54) is 0 Å². The standard InChI is InChI=1S/C8H20N4.3C2H4O2/c1-2-10-5-6-12-8-7-11-4-3-9-1;3*1-2(3)4/h9-12H,1-8H2;3*1H3,(H,3,4). The topological polar surface area (TPSA) is 160 Å². The smallest absolute Gasteiger partial charge is 0.300 e. The van der Waals surface area contributed by atoms with Crippen LogP contribution in [0.15, 0.2) is 0 Å². The van der Waals surface area contributed by atoms with Gasteiger partial charge in [-0.25, -0.2) is 0 Å². The van der Waals surface area contributed by atoms with Gasteiger partial charge in [-0.3, -0.25) is 14.4 Å². The highest BCUT2D eigenvalue weighted by Crippen LogP contribution is 1.66. The van der Waals surface area contributed by atoms with Crippen molar-refractivity contribution in [1.29, 1.82) is 0 Å². The van der Waals surface area contributed by atoms with E-state index in [9.17, 15) is 0 Å². The quantitative estimate of drug-likeness (QED) is 0.277. The van der Waals surface area contributed by atoms with Gasteiger partial charge in [0.25, 0.3) is 17.9 Å². The van der Waals surface area contributed by atoms with Crippen LogP contribution >= 0.6 is 0 Å². The van der Waals surface area contributed by atoms with E-state index in [0.29, 0.717) is 0 Å². The highest BCUT2D eigenvalue weighted by molar-refractivity contribution is 5.63. The minimum absolute atomic E-state index is 0.833. The fourth-order valence-electron chi connectivity index (χ4n) is 1.21. The summed E-state index contributed by atoms with van der Waals surface area (Å²) >= 11 is 0. The zero-order valence-corrected chi connectivity index (χ0v) is 14.7. The number of carboxylic acids is 3. The van der Waals surface area contributed by atoms with Crippen LogP contribution in [0.5, 0.6) is 0 Å². The van der Waals surface area contributed by atoms with Crippen LogP contribution in [0.3, 0.4) is 0 Å². The van der Waals surface area contributed by atoms with Gasteiger partial charge in [0.1, 0.15) is 0 Å². The second kappa shape index (κ2) is 23.5. The van der Waals surface area contributed by atoms with E-state index in [1.807, 2.05) is 0 Å². The lowest BCUT2D eigenvalue weighted by molar-refractivity contribution is -0.135. The molecule has 1 aliphatic heterocycles. The van der Waals surface area contributed by atoms with Crippen molar-refractivity contribution in [1.82, 2.24) is 21.3 Å². The van der Waals surface area contributed by atoms with Gasteiger partial charge >= 0.3 is 0 Å². The van der Waals surface area contributed by atoms with Gasteiger partial charge in [-0.15, -0.1) is 0 Å². The van der Waals surface area contributed by atoms with Crippen LogP contribution in [0.25, 0.3) is 0 Å². The van der Waals surface area contributed by atoms with Crippen LogP contribution < -0.4 is 21.3 Å². The van der Waals surface area contributed by atoms with E-state index in [0.717, 1.165) is 73.1 Å². The molecule has 7 N–H and O–H groups in total. The molecule has 1 heterocycles. The predicted octanol–water partition coefficient (Wildman–Crippen LogP) is -1.37. The van der Waals surface area contributed by atoms with Crippen LogP contribution in [-0.4, -0.2) is 85.6 Å². The van der Waals surface area contributed by atoms with Gasteiger partial charge in [-0.1, -0.05) is 0 Å². The molecule has 1 aliphatic rings. The molecule has 0 spiro atoms. The van der Waals surface area contributed by atoms with Gasteiger partial charge in [0.15, 0.2) is 0 Å². The van der Waals surface area contributed by atoms with Crippen molar-refractivity contribution in [2.45, 2.75) is 20.8 Å². The van der Waals surface area contributed by atoms with Crippen molar-refractivity contribution in [2.24, 2.45) is 0 Å². The van der Waals surface area contributed by atoms with Crippen LogP contribution in [0, 0.1) is 0 Å². The second-order valence-electron chi connectivity index (χ2n) is 4.56. The first kappa shape index (κ1) is 27.1. The Morgan fingerprint density at radius 1 is 0.500 bits per heavy atom. The van der Waals surface area contributed by atoms with Crippen LogP contribution in [0.1, 0.15) is 20.8 Å². The lowest BCUT2D eigenvalue weighted by Gasteiger charge is -2.11. The Balaban J connectivity index is -0.000000304. The van der Waals surface area contributed by atoms with Gasteiger partial charge in [0.05, 0.1) is 0 Å². The van der Waals surface area contributed by atoms with Gasteiger partial charge in [-0.2, -0.15) is 0 Å². The number of carboxylic acid groups (broad SMARTS) is 3. The third-order valence-corrected chi connectivity index (χ3v) is 1.91. The molecular weight excluding hydrogens is 320 g/mol. The fourth-order valence-corrected chi connectivity index (χ4v) is 1.21. The Kier molecular flexibility index (Phi) is 26.6. The van der Waals surface area contributed by atoms with E-state index in [1.54, 1.807) is 0 Å². The molecule has 144 valence electrons. The summed E-state index contributed by atoms with van der Waals surface area (Å²) in [6.07, 6.45) is 0. The van der Waals surface area contributed by atoms with E-state index in [-0.39, 0.29) is 0 Å². The molecule has 10 heteroatoms. The molecule has 1 saturated heterocycles. The first-order valence-electron chi connectivity index (χ1n) is 7.61. The summed E-state index contributed by atoms with van der Waals surface area (Å²) in [6.45, 7) is 11.8. The molecule has 0 radical (unpaired) electrons. The minimum Gasteiger partial charge on any atom is -0.481 e. The van der Waals surface area contributed by atoms with E-state index in [4.69, 9.17) is 29.7 Å². The molecular formula is C14H32N4O6. The Hall–Kier alpha value is -1.75. The maximum atomic E-state index is 9.00. The Bertz CT molecular complexity index is 232. The van der Waals surface area contributed by atoms with Crippen LogP contribution in [-0.2, 0) is 14.4 Å². The zero-order chi connectivity index (χ0) is 19.2. The Labute approximate surface area is 143 Å². The molecule has 0 bridgehead atoms. The SMILES string of the molecule is C1CNCCNCCNCCN1.CC(=O)O.CC(=O)O.CC(=O)O. The zero-order valence-electron chi connectivity index (χ0n) is 14.7. The van der Waals surface area contributed by atoms with E-state index >= 15 is 0 Å². The minimum atomic E-state index is -0.833. The Morgan fingerprint density at radius 3 is 0.667 bits per heavy atom. The van der Waals surface area contributed by atoms with Gasteiger partial charge < -0.3 is 36.6 Å². The number of aliphatic carboxylic acids is 3. The van der Waals surface area contributed by atoms with Crippen LogP contribution in [0.4, 0.5) is 0 Å². The summed E-state index contributed by atoms with van der Waals surface area (Å²) < 4.78 is 0. The molecule has 1 rings (SSSR count). The van der Waals surface area contributed by atoms with Crippen molar-refractivity contribution in [3.63, 3.8) is 0 Å². The molecule has 0 saturated carbocycles. The first-order chi connectivity index (χ1) is 11.2. The highest BCUT2D eigenvalue weighted by atomic mass is 16.4. The monoisotopic (exact) mass is 352 g/mol. The molecule has 10 nitrogen and oxygen atoms in total. The maximum Gasteiger partial charge on any atom is 0.300 e. The second-order valence-corrected chi connectivity index (χ2v) is 4.56. The van der Waals surface area contributed by atoms with E-state index in [2.05, 4.69) is 21.3 Å². The van der Waals surface area contributed by atoms with Crippen molar-refractivity contribution in [3.8, 4) is 0 Å². The molecule has 0 unspecified atom stereocenters. The number of hydrogen-bond donors (Lipinski definition) is 7. The van der Waals surface area contributed by atoms with Crippen molar-refractivity contribution >= 4 is 17.9 Å². The lowest BCUT2D eigenvalue weighted by atomic mass is 10.4. The molecule has 0 atom stereocenters. The predicted molar refractivity (Wildman–Crippen MR) is 91.4 cm³/mol. The third kappa shape index (κ3) is 71.4. The van der Waals surface area contributed by atoms with Crippen LogP contribution in [0.2, 0.25) is 0 Å². The third-order valence-electron chi connectivity index (χ3n) is 1.91. The van der Waals surface area contributed by atoms with Crippen molar-refractivity contribution in [3.05, 3.63) is 0 Å². The first-order valence-corrected chi connectivity index (χ1v) is 7.61. The molecule has 24 heavy (non-hydrogen) atoms. The summed E-state index contributed by atoms with van der Waals surface area (Å²) in [6, 6.07) is 0. The summed E-state index contributed by atoms with van der Waals surface area (Å²) in [5.74, 6) is -2.50. The molecule has 0 aromatic heterocycles. The largest absolute Gasteiger partial charge is 0.481 e. The van der Waals surface area contributed by atoms with Gasteiger partial charge in [-0.05, 0) is 0 Å². The number of rotatable bonds is 0. The number of hydrogen-bond acceptors (Lipinski definition) is 7. The van der Waals surface area contributed by atoms with E-state index < -0.39 is 17.9 Å². The normalized spacial score (nSPS) is 15.1. The summed E-state index contributed by atoms with van der Waals surface area (Å²) in [4.78, 5) is 27.0. The summed E-state index contributed by atoms with van der Waals surface area (Å²) in [7, 11) is 0. The van der Waals surface area contributed by atoms with Gasteiger partial charge in [0, 0.05) is 73.1 Å². The van der Waals surface area contributed by atoms with Crippen molar-refractivity contribution in [2.75, 3.05) is 52.4 Å². The highest BCUT2D eigenvalue weighted by Gasteiger charge is 1.92. The summed E-state index contributed by atoms with van der Waals surface area (Å²) in [5, 5.41) is 35.7. The summed E-state index contributed by atoms with van der Waals surface area (Å²) in [5.41, 5.74) is 0. The average molecular weight is 352 g/mol. The maximum absolute atomic E-state index is 9.00. The molecule has 1 fully saturated rings. The molecule has 0 aromatic rings. The van der Waals surface area contributed by atoms with Gasteiger partial charge in [0.2, 0.25) is 0 Å². The fraction of sp³-hybridized carbons (Fsp3) is 0.786. The average Bonchev–Trinajstić information content (AvgIpc) is 2.37.